The van der Waals surface area contributed by atoms with Gasteiger partial charge in [-0.05, 0) is 31.2 Å². The standard InChI is InChI=1S/C46H83NO9/c1-2-3-4-5-6-7-8-9-10-11-12-13-14-15-16-17-18-19-20-21-22-23-27-34-41(50)47-38(36-55-46-45(54)44(53)43(52)40(35-48)56-46)42(51)39(49)33-29-28-32-37-30-25-24-26-31-37/h24-26,30-31,38-40,42-46,48-49,51-54H,2-23,27-29,32-36H2,1H3,(H,47,50)/t38-,39+,40+,42-,43-,44-,45+,46-/m0/s1. The van der Waals surface area contributed by atoms with Crippen molar-refractivity contribution in [1.29, 1.82) is 0 Å². The average molecular weight is 794 g/mol. The van der Waals surface area contributed by atoms with Crippen LogP contribution in [0.4, 0.5) is 0 Å². The number of carbonyl (C=O) groups is 1. The molecule has 10 nitrogen and oxygen atoms in total. The maximum atomic E-state index is 13.0. The summed E-state index contributed by atoms with van der Waals surface area (Å²) in [6, 6.07) is 9.03. The Balaban J connectivity index is 1.57. The van der Waals surface area contributed by atoms with Crippen LogP contribution in [0, 0.1) is 0 Å². The molecule has 56 heavy (non-hydrogen) atoms. The largest absolute Gasteiger partial charge is 0.394 e. The van der Waals surface area contributed by atoms with Gasteiger partial charge in [0.15, 0.2) is 6.29 Å². The highest BCUT2D eigenvalue weighted by Crippen LogP contribution is 2.23. The molecule has 0 radical (unpaired) electrons. The lowest BCUT2D eigenvalue weighted by Gasteiger charge is -2.40. The second-order valence-electron chi connectivity index (χ2n) is 16.5. The zero-order chi connectivity index (χ0) is 40.6. The Bertz CT molecular complexity index is 1050. The van der Waals surface area contributed by atoms with Crippen molar-refractivity contribution in [3.8, 4) is 0 Å². The first kappa shape index (κ1) is 50.5. The molecule has 1 aromatic rings. The summed E-state index contributed by atoms with van der Waals surface area (Å²) in [6.45, 7) is 1.35. The van der Waals surface area contributed by atoms with Gasteiger partial charge in [0.05, 0.1) is 25.4 Å². The quantitative estimate of drug-likeness (QED) is 0.0335. The molecule has 7 N–H and O–H groups in total. The monoisotopic (exact) mass is 794 g/mol. The van der Waals surface area contributed by atoms with E-state index in [1.54, 1.807) is 0 Å². The summed E-state index contributed by atoms with van der Waals surface area (Å²) in [6.07, 6.45) is 23.1. The summed E-state index contributed by atoms with van der Waals surface area (Å²) < 4.78 is 11.1. The van der Waals surface area contributed by atoms with Crippen LogP contribution in [-0.4, -0.2) is 98.7 Å². The van der Waals surface area contributed by atoms with Crippen LogP contribution in [-0.2, 0) is 20.7 Å². The molecule has 0 unspecified atom stereocenters. The third-order valence-electron chi connectivity index (χ3n) is 11.5. The molecular formula is C46H83NO9. The molecule has 0 spiro atoms. The fourth-order valence-electron chi connectivity index (χ4n) is 7.75. The Morgan fingerprint density at radius 1 is 0.661 bits per heavy atom. The molecule has 0 aromatic heterocycles. The maximum absolute atomic E-state index is 13.0. The van der Waals surface area contributed by atoms with E-state index in [4.69, 9.17) is 9.47 Å². The number of ether oxygens (including phenoxy) is 2. The Kier molecular flexibility index (Phi) is 30.0. The predicted molar refractivity (Wildman–Crippen MR) is 224 cm³/mol. The van der Waals surface area contributed by atoms with E-state index in [9.17, 15) is 35.4 Å². The molecule has 1 fully saturated rings. The van der Waals surface area contributed by atoms with Gasteiger partial charge in [0, 0.05) is 6.42 Å². The van der Waals surface area contributed by atoms with E-state index in [0.29, 0.717) is 19.3 Å². The van der Waals surface area contributed by atoms with Gasteiger partial charge in [-0.15, -0.1) is 0 Å². The summed E-state index contributed by atoms with van der Waals surface area (Å²) in [5.41, 5.74) is 1.20. The molecular weight excluding hydrogens is 711 g/mol. The van der Waals surface area contributed by atoms with E-state index in [1.807, 2.05) is 18.2 Å². The highest BCUT2D eigenvalue weighted by Gasteiger charge is 2.44. The van der Waals surface area contributed by atoms with Crippen LogP contribution < -0.4 is 5.32 Å². The van der Waals surface area contributed by atoms with Crippen molar-refractivity contribution < 1.29 is 44.9 Å². The van der Waals surface area contributed by atoms with E-state index < -0.39 is 55.6 Å². The number of hydrogen-bond acceptors (Lipinski definition) is 9. The normalized spacial score (nSPS) is 21.5. The van der Waals surface area contributed by atoms with E-state index in [0.717, 1.165) is 32.1 Å². The van der Waals surface area contributed by atoms with Crippen LogP contribution in [0.15, 0.2) is 30.3 Å². The van der Waals surface area contributed by atoms with Gasteiger partial charge < -0.3 is 45.4 Å². The van der Waals surface area contributed by atoms with E-state index in [-0.39, 0.29) is 18.9 Å². The van der Waals surface area contributed by atoms with Crippen LogP contribution in [0.2, 0.25) is 0 Å². The number of aryl methyl sites for hydroxylation is 1. The van der Waals surface area contributed by atoms with Crippen LogP contribution >= 0.6 is 0 Å². The first-order valence-corrected chi connectivity index (χ1v) is 22.9. The molecule has 1 amide bonds. The van der Waals surface area contributed by atoms with E-state index in [1.165, 1.54) is 128 Å². The Labute approximate surface area is 340 Å². The van der Waals surface area contributed by atoms with Crippen LogP contribution in [0.25, 0.3) is 0 Å². The van der Waals surface area contributed by atoms with Gasteiger partial charge in [-0.25, -0.2) is 0 Å². The minimum atomic E-state index is -1.61. The number of aliphatic hydroxyl groups is 6. The van der Waals surface area contributed by atoms with Gasteiger partial charge in [-0.3, -0.25) is 4.79 Å². The predicted octanol–water partition coefficient (Wildman–Crippen LogP) is 7.80. The Morgan fingerprint density at radius 2 is 1.14 bits per heavy atom. The number of benzene rings is 1. The lowest BCUT2D eigenvalue weighted by Crippen LogP contribution is -2.60. The zero-order valence-electron chi connectivity index (χ0n) is 35.1. The molecule has 1 aliphatic rings. The fourth-order valence-corrected chi connectivity index (χ4v) is 7.75. The topological polar surface area (TPSA) is 169 Å². The van der Waals surface area contributed by atoms with Gasteiger partial charge in [-0.2, -0.15) is 0 Å². The molecule has 1 aromatic carbocycles. The molecule has 1 saturated heterocycles. The summed E-state index contributed by atoms with van der Waals surface area (Å²) in [5, 5.41) is 65.0. The highest BCUT2D eigenvalue weighted by molar-refractivity contribution is 5.76. The number of hydrogen-bond donors (Lipinski definition) is 7. The zero-order valence-corrected chi connectivity index (χ0v) is 35.1. The lowest BCUT2D eigenvalue weighted by molar-refractivity contribution is -0.303. The van der Waals surface area contributed by atoms with Crippen molar-refractivity contribution in [2.45, 2.75) is 236 Å². The van der Waals surface area contributed by atoms with Crippen molar-refractivity contribution in [2.75, 3.05) is 13.2 Å². The number of aliphatic hydroxyl groups excluding tert-OH is 6. The molecule has 0 saturated carbocycles. The third-order valence-corrected chi connectivity index (χ3v) is 11.5. The van der Waals surface area contributed by atoms with Crippen molar-refractivity contribution in [3.63, 3.8) is 0 Å². The summed E-state index contributed by atoms with van der Waals surface area (Å²) in [4.78, 5) is 13.0. The molecule has 0 bridgehead atoms. The molecule has 10 heteroatoms. The SMILES string of the molecule is CCCCCCCCCCCCCCCCCCCCCCCCCC(=O)N[C@@H](CO[C@H]1O[C@H](CO)[C@H](O)[C@H](O)[C@H]1O)[C@H](O)[C@H](O)CCCCc1ccccc1. The smallest absolute Gasteiger partial charge is 0.220 e. The highest BCUT2D eigenvalue weighted by atomic mass is 16.7. The van der Waals surface area contributed by atoms with Crippen molar-refractivity contribution in [2.24, 2.45) is 0 Å². The summed E-state index contributed by atoms with van der Waals surface area (Å²) in [7, 11) is 0. The minimum Gasteiger partial charge on any atom is -0.394 e. The first-order valence-electron chi connectivity index (χ1n) is 22.9. The van der Waals surface area contributed by atoms with Gasteiger partial charge in [-0.1, -0.05) is 185 Å². The number of carbonyl (C=O) groups excluding carboxylic acids is 1. The van der Waals surface area contributed by atoms with E-state index >= 15 is 0 Å². The number of nitrogens with one attached hydrogen (secondary N) is 1. The maximum Gasteiger partial charge on any atom is 0.220 e. The van der Waals surface area contributed by atoms with Crippen LogP contribution in [0.3, 0.4) is 0 Å². The van der Waals surface area contributed by atoms with Crippen molar-refractivity contribution >= 4 is 5.91 Å². The third kappa shape index (κ3) is 23.1. The van der Waals surface area contributed by atoms with Crippen molar-refractivity contribution in [3.05, 3.63) is 35.9 Å². The second-order valence-corrected chi connectivity index (χ2v) is 16.5. The van der Waals surface area contributed by atoms with Gasteiger partial charge >= 0.3 is 0 Å². The van der Waals surface area contributed by atoms with Crippen LogP contribution in [0.5, 0.6) is 0 Å². The number of rotatable bonds is 36. The summed E-state index contributed by atoms with van der Waals surface area (Å²) >= 11 is 0. The number of amides is 1. The molecule has 326 valence electrons. The van der Waals surface area contributed by atoms with Gasteiger partial charge in [0.25, 0.3) is 0 Å². The Hall–Kier alpha value is -1.63. The fraction of sp³-hybridized carbons (Fsp3) is 0.848. The second kappa shape index (κ2) is 33.2. The number of unbranched alkanes of at least 4 members (excludes halogenated alkanes) is 23. The molecule has 1 heterocycles. The minimum absolute atomic E-state index is 0.272. The molecule has 8 atom stereocenters. The average Bonchev–Trinajstić information content (AvgIpc) is 3.21. The Morgan fingerprint density at radius 3 is 1.62 bits per heavy atom. The summed E-state index contributed by atoms with van der Waals surface area (Å²) in [5.74, 6) is -0.272. The van der Waals surface area contributed by atoms with Crippen molar-refractivity contribution in [1.82, 2.24) is 5.32 Å². The van der Waals surface area contributed by atoms with Crippen LogP contribution in [0.1, 0.15) is 186 Å². The van der Waals surface area contributed by atoms with E-state index in [2.05, 4.69) is 24.4 Å². The first-order chi connectivity index (χ1) is 27.3. The molecule has 0 aliphatic carbocycles. The lowest BCUT2D eigenvalue weighted by atomic mass is 9.98. The van der Waals surface area contributed by atoms with Gasteiger partial charge in [0.1, 0.15) is 30.5 Å². The molecule has 1 aliphatic heterocycles. The molecule has 2 rings (SSSR count). The van der Waals surface area contributed by atoms with Gasteiger partial charge in [0.2, 0.25) is 5.91 Å².